The number of piperazine rings is 1. The Morgan fingerprint density at radius 2 is 1.82 bits per heavy atom. The molecule has 1 aliphatic rings. The van der Waals surface area contributed by atoms with E-state index in [1.165, 1.54) is 24.6 Å². The second kappa shape index (κ2) is 7.67. The van der Waals surface area contributed by atoms with Crippen molar-refractivity contribution >= 4 is 28.7 Å². The Morgan fingerprint density at radius 1 is 1.07 bits per heavy atom. The third kappa shape index (κ3) is 3.80. The standard InChI is InChI=1S/C20H18FN3O4/c21-15-2-4-16(5-3-15)23-7-9-24(10-8-23)19(25)12-27-20(26)14-1-6-17-18(11-14)28-13-22-17/h1-6,11,13H,7-10,12H2. The number of fused-ring (bicyclic) bond motifs is 1. The third-order valence-corrected chi connectivity index (χ3v) is 4.72. The zero-order valence-corrected chi connectivity index (χ0v) is 15.0. The average molecular weight is 383 g/mol. The van der Waals surface area contributed by atoms with Crippen LogP contribution >= 0.6 is 0 Å². The third-order valence-electron chi connectivity index (χ3n) is 4.72. The van der Waals surface area contributed by atoms with Gasteiger partial charge >= 0.3 is 5.97 Å². The summed E-state index contributed by atoms with van der Waals surface area (Å²) in [6, 6.07) is 11.1. The summed E-state index contributed by atoms with van der Waals surface area (Å²) >= 11 is 0. The monoisotopic (exact) mass is 383 g/mol. The molecule has 7 nitrogen and oxygen atoms in total. The Labute approximate surface area is 160 Å². The molecule has 0 radical (unpaired) electrons. The largest absolute Gasteiger partial charge is 0.452 e. The van der Waals surface area contributed by atoms with Gasteiger partial charge in [0.1, 0.15) is 11.3 Å². The number of anilines is 1. The van der Waals surface area contributed by atoms with E-state index in [9.17, 15) is 14.0 Å². The quantitative estimate of drug-likeness (QED) is 0.645. The van der Waals surface area contributed by atoms with Crippen molar-refractivity contribution in [2.45, 2.75) is 0 Å². The maximum atomic E-state index is 13.0. The van der Waals surface area contributed by atoms with E-state index < -0.39 is 5.97 Å². The van der Waals surface area contributed by atoms with Crippen molar-refractivity contribution in [3.8, 4) is 0 Å². The maximum absolute atomic E-state index is 13.0. The van der Waals surface area contributed by atoms with Crippen LogP contribution in [0.5, 0.6) is 0 Å². The summed E-state index contributed by atoms with van der Waals surface area (Å²) in [5, 5.41) is 0. The van der Waals surface area contributed by atoms with Gasteiger partial charge in [-0.2, -0.15) is 0 Å². The predicted octanol–water partition coefficient (Wildman–Crippen LogP) is 2.47. The molecule has 0 aliphatic carbocycles. The summed E-state index contributed by atoms with van der Waals surface area (Å²) in [6.45, 7) is 1.97. The van der Waals surface area contributed by atoms with Gasteiger partial charge in [-0.05, 0) is 42.5 Å². The van der Waals surface area contributed by atoms with Gasteiger partial charge in [0.25, 0.3) is 5.91 Å². The highest BCUT2D eigenvalue weighted by molar-refractivity contribution is 5.94. The molecule has 0 saturated carbocycles. The van der Waals surface area contributed by atoms with Crippen LogP contribution in [0, 0.1) is 5.82 Å². The van der Waals surface area contributed by atoms with E-state index >= 15 is 0 Å². The molecular formula is C20H18FN3O4. The maximum Gasteiger partial charge on any atom is 0.338 e. The lowest BCUT2D eigenvalue weighted by molar-refractivity contribution is -0.134. The smallest absolute Gasteiger partial charge is 0.338 e. The number of carbonyl (C=O) groups is 2. The second-order valence-corrected chi connectivity index (χ2v) is 6.46. The SMILES string of the molecule is O=C(OCC(=O)N1CCN(c2ccc(F)cc2)CC1)c1ccc2ncoc2c1. The number of aromatic nitrogens is 1. The molecule has 1 amide bonds. The minimum Gasteiger partial charge on any atom is -0.452 e. The van der Waals surface area contributed by atoms with E-state index in [-0.39, 0.29) is 18.3 Å². The van der Waals surface area contributed by atoms with Crippen LogP contribution in [0.3, 0.4) is 0 Å². The van der Waals surface area contributed by atoms with E-state index in [1.54, 1.807) is 29.2 Å². The first-order chi connectivity index (χ1) is 13.6. The molecule has 2 heterocycles. The fraction of sp³-hybridized carbons (Fsp3) is 0.250. The summed E-state index contributed by atoms with van der Waals surface area (Å²) in [4.78, 5) is 32.2. The first-order valence-electron chi connectivity index (χ1n) is 8.89. The molecule has 8 heteroatoms. The van der Waals surface area contributed by atoms with Gasteiger partial charge in [0.2, 0.25) is 0 Å². The number of hydrogen-bond acceptors (Lipinski definition) is 6. The summed E-state index contributed by atoms with van der Waals surface area (Å²) < 4.78 is 23.3. The number of halogens is 1. The van der Waals surface area contributed by atoms with E-state index in [2.05, 4.69) is 9.88 Å². The van der Waals surface area contributed by atoms with Crippen LogP contribution in [0.1, 0.15) is 10.4 Å². The Morgan fingerprint density at radius 3 is 2.57 bits per heavy atom. The van der Waals surface area contributed by atoms with Crippen molar-refractivity contribution in [2.75, 3.05) is 37.7 Å². The zero-order valence-electron chi connectivity index (χ0n) is 15.0. The van der Waals surface area contributed by atoms with Crippen molar-refractivity contribution in [3.05, 3.63) is 60.2 Å². The summed E-state index contributed by atoms with van der Waals surface area (Å²) in [7, 11) is 0. The Kier molecular flexibility index (Phi) is 4.92. The van der Waals surface area contributed by atoms with Crippen LogP contribution in [0.15, 0.2) is 53.3 Å². The fourth-order valence-electron chi connectivity index (χ4n) is 3.15. The number of esters is 1. The van der Waals surface area contributed by atoms with Crippen LogP contribution in [0.2, 0.25) is 0 Å². The molecule has 1 fully saturated rings. The minimum absolute atomic E-state index is 0.243. The Bertz CT molecular complexity index is 994. The number of amides is 1. The second-order valence-electron chi connectivity index (χ2n) is 6.46. The van der Waals surface area contributed by atoms with E-state index in [4.69, 9.17) is 9.15 Å². The number of ether oxygens (including phenoxy) is 1. The van der Waals surface area contributed by atoms with Crippen molar-refractivity contribution < 1.29 is 23.1 Å². The van der Waals surface area contributed by atoms with Crippen molar-refractivity contribution in [3.63, 3.8) is 0 Å². The molecule has 1 aliphatic heterocycles. The van der Waals surface area contributed by atoms with Crippen molar-refractivity contribution in [1.29, 1.82) is 0 Å². The van der Waals surface area contributed by atoms with Crippen molar-refractivity contribution in [2.24, 2.45) is 0 Å². The van der Waals surface area contributed by atoms with E-state index in [1.807, 2.05) is 0 Å². The van der Waals surface area contributed by atoms with E-state index in [0.717, 1.165) is 5.69 Å². The van der Waals surface area contributed by atoms with Gasteiger partial charge in [-0.25, -0.2) is 14.2 Å². The number of benzene rings is 2. The molecule has 0 N–H and O–H groups in total. The molecule has 2 aromatic carbocycles. The summed E-state index contributed by atoms with van der Waals surface area (Å²) in [5.74, 6) is -1.11. The molecule has 3 aromatic rings. The van der Waals surface area contributed by atoms with Gasteiger partial charge in [0.05, 0.1) is 5.56 Å². The van der Waals surface area contributed by atoms with Gasteiger partial charge in [-0.3, -0.25) is 4.79 Å². The molecule has 1 saturated heterocycles. The molecule has 0 atom stereocenters. The first kappa shape index (κ1) is 18.0. The molecule has 144 valence electrons. The number of rotatable bonds is 4. The topological polar surface area (TPSA) is 75.9 Å². The van der Waals surface area contributed by atoms with Crippen LogP contribution in [0.4, 0.5) is 10.1 Å². The molecule has 1 aromatic heterocycles. The molecule has 4 rings (SSSR count). The van der Waals surface area contributed by atoms with Crippen molar-refractivity contribution in [1.82, 2.24) is 9.88 Å². The van der Waals surface area contributed by atoms with Crippen LogP contribution in [-0.4, -0.2) is 54.5 Å². The molecule has 0 spiro atoms. The zero-order chi connectivity index (χ0) is 19.5. The van der Waals surface area contributed by atoms with Gasteiger partial charge in [-0.1, -0.05) is 0 Å². The number of oxazole rings is 1. The molecule has 0 bridgehead atoms. The Balaban J connectivity index is 1.28. The normalized spacial score (nSPS) is 14.3. The fourth-order valence-corrected chi connectivity index (χ4v) is 3.15. The number of nitrogens with zero attached hydrogens (tertiary/aromatic N) is 3. The molecule has 28 heavy (non-hydrogen) atoms. The van der Waals surface area contributed by atoms with Gasteiger partial charge in [0, 0.05) is 31.9 Å². The lowest BCUT2D eigenvalue weighted by atomic mass is 10.2. The van der Waals surface area contributed by atoms with E-state index in [0.29, 0.717) is 42.8 Å². The minimum atomic E-state index is -0.586. The highest BCUT2D eigenvalue weighted by Crippen LogP contribution is 2.17. The number of carbonyl (C=O) groups excluding carboxylic acids is 2. The van der Waals surface area contributed by atoms with Gasteiger partial charge in [0.15, 0.2) is 18.6 Å². The molecule has 0 unspecified atom stereocenters. The number of hydrogen-bond donors (Lipinski definition) is 0. The summed E-state index contributed by atoms with van der Waals surface area (Å²) in [6.07, 6.45) is 1.30. The highest BCUT2D eigenvalue weighted by Gasteiger charge is 2.22. The van der Waals surface area contributed by atoms with Crippen LogP contribution in [0.25, 0.3) is 11.1 Å². The van der Waals surface area contributed by atoms with Crippen LogP contribution < -0.4 is 4.90 Å². The van der Waals surface area contributed by atoms with Crippen LogP contribution in [-0.2, 0) is 9.53 Å². The Hall–Kier alpha value is -3.42. The summed E-state index contributed by atoms with van der Waals surface area (Å²) in [5.41, 5.74) is 2.35. The van der Waals surface area contributed by atoms with Gasteiger partial charge < -0.3 is 19.0 Å². The lowest BCUT2D eigenvalue weighted by Gasteiger charge is -2.36. The lowest BCUT2D eigenvalue weighted by Crippen LogP contribution is -2.49. The predicted molar refractivity (Wildman–Crippen MR) is 99.5 cm³/mol. The highest BCUT2D eigenvalue weighted by atomic mass is 19.1. The average Bonchev–Trinajstić information content (AvgIpc) is 3.20. The molecular weight excluding hydrogens is 365 g/mol. The van der Waals surface area contributed by atoms with Gasteiger partial charge in [-0.15, -0.1) is 0 Å². The first-order valence-corrected chi connectivity index (χ1v) is 8.89.